The molecule has 0 bridgehead atoms. The van der Waals surface area contributed by atoms with Crippen LogP contribution in [-0.4, -0.2) is 53.6 Å². The third-order valence-electron chi connectivity index (χ3n) is 6.41. The highest BCUT2D eigenvalue weighted by Gasteiger charge is 2.23. The summed E-state index contributed by atoms with van der Waals surface area (Å²) in [7, 11) is 0. The highest BCUT2D eigenvalue weighted by Crippen LogP contribution is 2.29. The van der Waals surface area contributed by atoms with Gasteiger partial charge in [-0.05, 0) is 55.0 Å². The number of carbonyl (C=O) groups excluding carboxylic acids is 2. The van der Waals surface area contributed by atoms with E-state index in [0.29, 0.717) is 18.1 Å². The number of hydrogen-bond donors (Lipinski definition) is 1. The van der Waals surface area contributed by atoms with Crippen LogP contribution in [0.15, 0.2) is 82.5 Å². The zero-order valence-corrected chi connectivity index (χ0v) is 23.3. The van der Waals surface area contributed by atoms with Gasteiger partial charge in [0.15, 0.2) is 4.34 Å². The molecule has 4 aromatic rings. The predicted molar refractivity (Wildman–Crippen MR) is 158 cm³/mol. The number of amides is 2. The number of nitrogens with zero attached hydrogens (tertiary/aromatic N) is 3. The molecule has 9 heteroatoms. The number of hydrogen-bond acceptors (Lipinski definition) is 6. The second-order valence-electron chi connectivity index (χ2n) is 8.98. The van der Waals surface area contributed by atoms with Crippen molar-refractivity contribution in [2.75, 3.05) is 42.1 Å². The molecule has 5 rings (SSSR count). The van der Waals surface area contributed by atoms with Gasteiger partial charge in [0.25, 0.3) is 5.91 Å². The van der Waals surface area contributed by atoms with E-state index in [-0.39, 0.29) is 17.6 Å². The number of rotatable bonds is 7. The third-order valence-corrected chi connectivity index (χ3v) is 8.68. The summed E-state index contributed by atoms with van der Waals surface area (Å²) in [5.74, 6) is 0.304. The first-order chi connectivity index (χ1) is 18.5. The standard InChI is InChI=1S/C29H27ClN4O2S2/c1-20-4-2-3-5-25(20)28(36)34-16-14-33(15-17-34)24-12-10-23(11-13-24)31-27(35)19-38-29-32-26(18-37-29)21-6-8-22(30)9-7-21/h2-13,18H,14-17,19H2,1H3,(H,31,35). The fourth-order valence-electron chi connectivity index (χ4n) is 4.31. The largest absolute Gasteiger partial charge is 0.368 e. The van der Waals surface area contributed by atoms with Gasteiger partial charge in [-0.3, -0.25) is 9.59 Å². The fraction of sp³-hybridized carbons (Fsp3) is 0.207. The lowest BCUT2D eigenvalue weighted by Gasteiger charge is -2.36. The quantitative estimate of drug-likeness (QED) is 0.262. The Hall–Kier alpha value is -3.33. The van der Waals surface area contributed by atoms with Crippen molar-refractivity contribution in [3.63, 3.8) is 0 Å². The number of nitrogens with one attached hydrogen (secondary N) is 1. The minimum Gasteiger partial charge on any atom is -0.368 e. The van der Waals surface area contributed by atoms with Gasteiger partial charge in [-0.25, -0.2) is 4.98 Å². The maximum Gasteiger partial charge on any atom is 0.254 e. The molecular weight excluding hydrogens is 536 g/mol. The topological polar surface area (TPSA) is 65.5 Å². The number of aromatic nitrogens is 1. The van der Waals surface area contributed by atoms with E-state index >= 15 is 0 Å². The molecule has 1 aliphatic rings. The molecule has 38 heavy (non-hydrogen) atoms. The molecular formula is C29H27ClN4O2S2. The van der Waals surface area contributed by atoms with Gasteiger partial charge in [0.05, 0.1) is 11.4 Å². The molecule has 0 saturated carbocycles. The van der Waals surface area contributed by atoms with E-state index < -0.39 is 0 Å². The van der Waals surface area contributed by atoms with Crippen molar-refractivity contribution in [3.05, 3.63) is 94.3 Å². The maximum absolute atomic E-state index is 12.9. The minimum absolute atomic E-state index is 0.0747. The lowest BCUT2D eigenvalue weighted by Crippen LogP contribution is -2.48. The Balaban J connectivity index is 1.09. The van der Waals surface area contributed by atoms with Gasteiger partial charge in [0.2, 0.25) is 5.91 Å². The number of carbonyl (C=O) groups is 2. The molecule has 194 valence electrons. The first-order valence-corrected chi connectivity index (χ1v) is 14.5. The molecule has 2 heterocycles. The Labute approximate surface area is 235 Å². The zero-order valence-electron chi connectivity index (χ0n) is 20.9. The smallest absolute Gasteiger partial charge is 0.254 e. The molecule has 2 amide bonds. The number of benzene rings is 3. The van der Waals surface area contributed by atoms with E-state index in [0.717, 1.165) is 51.2 Å². The first-order valence-electron chi connectivity index (χ1n) is 12.3. The van der Waals surface area contributed by atoms with Crippen LogP contribution in [0.2, 0.25) is 5.02 Å². The van der Waals surface area contributed by atoms with E-state index in [1.807, 2.05) is 90.0 Å². The molecule has 1 aliphatic heterocycles. The summed E-state index contributed by atoms with van der Waals surface area (Å²) in [5, 5.41) is 5.64. The molecule has 6 nitrogen and oxygen atoms in total. The normalized spacial score (nSPS) is 13.4. The van der Waals surface area contributed by atoms with E-state index in [1.165, 1.54) is 23.1 Å². The van der Waals surface area contributed by atoms with Crippen molar-refractivity contribution >= 4 is 57.9 Å². The number of halogens is 1. The Morgan fingerprint density at radius 3 is 2.39 bits per heavy atom. The van der Waals surface area contributed by atoms with Gasteiger partial charge >= 0.3 is 0 Å². The highest BCUT2D eigenvalue weighted by atomic mass is 35.5. The molecule has 0 atom stereocenters. The lowest BCUT2D eigenvalue weighted by molar-refractivity contribution is -0.113. The fourth-order valence-corrected chi connectivity index (χ4v) is 6.07. The van der Waals surface area contributed by atoms with Crippen molar-refractivity contribution < 1.29 is 9.59 Å². The van der Waals surface area contributed by atoms with E-state index in [9.17, 15) is 9.59 Å². The van der Waals surface area contributed by atoms with Crippen LogP contribution >= 0.6 is 34.7 Å². The van der Waals surface area contributed by atoms with Crippen LogP contribution < -0.4 is 10.2 Å². The van der Waals surface area contributed by atoms with Crippen molar-refractivity contribution in [1.82, 2.24) is 9.88 Å². The van der Waals surface area contributed by atoms with Crippen molar-refractivity contribution in [2.24, 2.45) is 0 Å². The van der Waals surface area contributed by atoms with Crippen molar-refractivity contribution in [3.8, 4) is 11.3 Å². The van der Waals surface area contributed by atoms with Crippen molar-refractivity contribution in [1.29, 1.82) is 0 Å². The third kappa shape index (κ3) is 6.38. The SMILES string of the molecule is Cc1ccccc1C(=O)N1CCN(c2ccc(NC(=O)CSc3nc(-c4ccc(Cl)cc4)cs3)cc2)CC1. The number of thiazole rings is 1. The Morgan fingerprint density at radius 1 is 0.974 bits per heavy atom. The molecule has 1 aromatic heterocycles. The summed E-state index contributed by atoms with van der Waals surface area (Å²) in [6.07, 6.45) is 0. The highest BCUT2D eigenvalue weighted by molar-refractivity contribution is 8.01. The second kappa shape index (κ2) is 12.0. The predicted octanol–water partition coefficient (Wildman–Crippen LogP) is 6.47. The van der Waals surface area contributed by atoms with Crippen LogP contribution in [0, 0.1) is 6.92 Å². The van der Waals surface area contributed by atoms with E-state index in [2.05, 4.69) is 15.2 Å². The van der Waals surface area contributed by atoms with E-state index in [1.54, 1.807) is 0 Å². The van der Waals surface area contributed by atoms with Crippen molar-refractivity contribution in [2.45, 2.75) is 11.3 Å². The van der Waals surface area contributed by atoms with Gasteiger partial charge in [0, 0.05) is 59.1 Å². The summed E-state index contributed by atoms with van der Waals surface area (Å²) in [6.45, 7) is 4.87. The maximum atomic E-state index is 12.9. The molecule has 0 radical (unpaired) electrons. The van der Waals surface area contributed by atoms with Gasteiger partial charge in [-0.2, -0.15) is 0 Å². The average molecular weight is 563 g/mol. The number of aryl methyl sites for hydroxylation is 1. The van der Waals surface area contributed by atoms with Crippen LogP contribution in [0.3, 0.4) is 0 Å². The van der Waals surface area contributed by atoms with Gasteiger partial charge in [-0.15, -0.1) is 11.3 Å². The molecule has 1 N–H and O–H groups in total. The van der Waals surface area contributed by atoms with Crippen LogP contribution in [0.5, 0.6) is 0 Å². The minimum atomic E-state index is -0.0747. The molecule has 1 fully saturated rings. The van der Waals surface area contributed by atoms with Crippen LogP contribution in [0.4, 0.5) is 11.4 Å². The second-order valence-corrected chi connectivity index (χ2v) is 11.5. The Kier molecular flexibility index (Phi) is 8.32. The zero-order chi connectivity index (χ0) is 26.5. The van der Waals surface area contributed by atoms with Crippen LogP contribution in [0.1, 0.15) is 15.9 Å². The summed E-state index contributed by atoms with van der Waals surface area (Å²) >= 11 is 8.91. The van der Waals surface area contributed by atoms with Gasteiger partial charge in [0.1, 0.15) is 0 Å². The first kappa shape index (κ1) is 26.3. The van der Waals surface area contributed by atoms with E-state index in [4.69, 9.17) is 11.6 Å². The Morgan fingerprint density at radius 2 is 1.68 bits per heavy atom. The monoisotopic (exact) mass is 562 g/mol. The summed E-state index contributed by atoms with van der Waals surface area (Å²) in [5.41, 5.74) is 5.50. The van der Waals surface area contributed by atoms with Gasteiger partial charge in [-0.1, -0.05) is 53.7 Å². The van der Waals surface area contributed by atoms with Crippen LogP contribution in [-0.2, 0) is 4.79 Å². The number of anilines is 2. The van der Waals surface area contributed by atoms with Crippen LogP contribution in [0.25, 0.3) is 11.3 Å². The molecule has 0 unspecified atom stereocenters. The summed E-state index contributed by atoms with van der Waals surface area (Å²) < 4.78 is 0.848. The molecule has 1 saturated heterocycles. The Bertz CT molecular complexity index is 1420. The number of piperazine rings is 1. The van der Waals surface area contributed by atoms with Gasteiger partial charge < -0.3 is 15.1 Å². The molecule has 3 aromatic carbocycles. The molecule has 0 aliphatic carbocycles. The molecule has 0 spiro atoms. The lowest BCUT2D eigenvalue weighted by atomic mass is 10.1. The average Bonchev–Trinajstić information content (AvgIpc) is 3.42. The summed E-state index contributed by atoms with van der Waals surface area (Å²) in [6, 6.07) is 23.2. The summed E-state index contributed by atoms with van der Waals surface area (Å²) in [4.78, 5) is 34.2. The number of thioether (sulfide) groups is 1.